The molecular formula is C14H18F2N2O. The summed E-state index contributed by atoms with van der Waals surface area (Å²) in [7, 11) is 0. The van der Waals surface area contributed by atoms with E-state index in [0.29, 0.717) is 0 Å². The first-order valence-electron chi connectivity index (χ1n) is 6.58. The number of amides is 1. The minimum absolute atomic E-state index is 0.115. The lowest BCUT2D eigenvalue weighted by Crippen LogP contribution is -2.50. The van der Waals surface area contributed by atoms with Gasteiger partial charge in [0.05, 0.1) is 5.56 Å². The number of piperidine rings is 1. The summed E-state index contributed by atoms with van der Waals surface area (Å²) < 4.78 is 26.6. The summed E-state index contributed by atoms with van der Waals surface area (Å²) in [5, 5.41) is 6.04. The molecule has 1 fully saturated rings. The first-order chi connectivity index (χ1) is 9.09. The molecule has 2 N–H and O–H groups in total. The Kier molecular flexibility index (Phi) is 4.47. The van der Waals surface area contributed by atoms with Crippen LogP contribution in [0.15, 0.2) is 18.2 Å². The van der Waals surface area contributed by atoms with E-state index in [1.165, 1.54) is 12.1 Å². The van der Waals surface area contributed by atoms with E-state index in [1.54, 1.807) is 0 Å². The molecule has 3 nitrogen and oxygen atoms in total. The van der Waals surface area contributed by atoms with E-state index in [2.05, 4.69) is 10.6 Å². The van der Waals surface area contributed by atoms with Crippen LogP contribution in [0.1, 0.15) is 36.5 Å². The first kappa shape index (κ1) is 13.9. The molecular weight excluding hydrogens is 250 g/mol. The van der Waals surface area contributed by atoms with Crippen molar-refractivity contribution in [3.8, 4) is 0 Å². The number of benzene rings is 1. The lowest BCUT2D eigenvalue weighted by Gasteiger charge is -2.29. The zero-order valence-corrected chi connectivity index (χ0v) is 10.9. The smallest absolute Gasteiger partial charge is 0.254 e. The Bertz CT molecular complexity index is 459. The topological polar surface area (TPSA) is 41.1 Å². The summed E-state index contributed by atoms with van der Waals surface area (Å²) in [5.74, 6) is -2.67. The minimum atomic E-state index is -1.09. The van der Waals surface area contributed by atoms with Gasteiger partial charge in [-0.3, -0.25) is 4.79 Å². The Labute approximate surface area is 111 Å². The molecule has 2 atom stereocenters. The number of carbonyl (C=O) groups excluding carboxylic acids is 1. The molecule has 0 aliphatic carbocycles. The van der Waals surface area contributed by atoms with Gasteiger partial charge in [0.1, 0.15) is 0 Å². The highest BCUT2D eigenvalue weighted by Crippen LogP contribution is 2.13. The second kappa shape index (κ2) is 6.10. The van der Waals surface area contributed by atoms with Crippen LogP contribution in [-0.2, 0) is 0 Å². The first-order valence-corrected chi connectivity index (χ1v) is 6.58. The zero-order chi connectivity index (χ0) is 13.8. The van der Waals surface area contributed by atoms with Crippen molar-refractivity contribution in [3.63, 3.8) is 0 Å². The number of hydrogen-bond donors (Lipinski definition) is 2. The fourth-order valence-corrected chi connectivity index (χ4v) is 2.37. The van der Waals surface area contributed by atoms with E-state index >= 15 is 0 Å². The van der Waals surface area contributed by atoms with Crippen LogP contribution < -0.4 is 10.6 Å². The summed E-state index contributed by atoms with van der Waals surface area (Å²) >= 11 is 0. The van der Waals surface area contributed by atoms with E-state index in [4.69, 9.17) is 0 Å². The number of halogens is 2. The van der Waals surface area contributed by atoms with E-state index in [0.717, 1.165) is 31.9 Å². The van der Waals surface area contributed by atoms with Crippen LogP contribution in [0.25, 0.3) is 0 Å². The van der Waals surface area contributed by atoms with Gasteiger partial charge in [-0.15, -0.1) is 0 Å². The largest absolute Gasteiger partial charge is 0.348 e. The summed E-state index contributed by atoms with van der Waals surface area (Å²) in [6.07, 6.45) is 3.23. The molecule has 19 heavy (non-hydrogen) atoms. The Morgan fingerprint density at radius 2 is 2.21 bits per heavy atom. The molecule has 0 bridgehead atoms. The number of hydrogen-bond acceptors (Lipinski definition) is 2. The zero-order valence-electron chi connectivity index (χ0n) is 10.9. The molecule has 1 aromatic rings. The molecule has 1 saturated heterocycles. The van der Waals surface area contributed by atoms with Gasteiger partial charge in [0, 0.05) is 12.1 Å². The van der Waals surface area contributed by atoms with Gasteiger partial charge in [0.25, 0.3) is 5.91 Å². The van der Waals surface area contributed by atoms with Crippen LogP contribution >= 0.6 is 0 Å². The van der Waals surface area contributed by atoms with Gasteiger partial charge < -0.3 is 10.6 Å². The third-order valence-electron chi connectivity index (χ3n) is 3.51. The van der Waals surface area contributed by atoms with Crippen molar-refractivity contribution >= 4 is 5.91 Å². The fourth-order valence-electron chi connectivity index (χ4n) is 2.37. The van der Waals surface area contributed by atoms with Crippen molar-refractivity contribution in [1.82, 2.24) is 10.6 Å². The van der Waals surface area contributed by atoms with Gasteiger partial charge in [0.2, 0.25) is 0 Å². The molecule has 1 amide bonds. The molecule has 0 saturated carbocycles. The molecule has 1 aromatic carbocycles. The summed E-state index contributed by atoms with van der Waals surface area (Å²) in [6, 6.07) is 3.69. The highest BCUT2D eigenvalue weighted by atomic mass is 19.2. The Hall–Kier alpha value is -1.49. The van der Waals surface area contributed by atoms with Crippen molar-refractivity contribution in [3.05, 3.63) is 35.4 Å². The second-order valence-electron chi connectivity index (χ2n) is 4.92. The third-order valence-corrected chi connectivity index (χ3v) is 3.51. The molecule has 104 valence electrons. The predicted octanol–water partition coefficient (Wildman–Crippen LogP) is 2.23. The van der Waals surface area contributed by atoms with Gasteiger partial charge in [-0.05, 0) is 38.4 Å². The lowest BCUT2D eigenvalue weighted by molar-refractivity contribution is 0.0923. The van der Waals surface area contributed by atoms with Gasteiger partial charge in [-0.1, -0.05) is 12.5 Å². The maximum absolute atomic E-state index is 13.5. The highest BCUT2D eigenvalue weighted by molar-refractivity contribution is 5.94. The molecule has 2 unspecified atom stereocenters. The molecule has 5 heteroatoms. The Balaban J connectivity index is 2.02. The average Bonchev–Trinajstić information content (AvgIpc) is 2.42. The van der Waals surface area contributed by atoms with Crippen LogP contribution in [0.2, 0.25) is 0 Å². The number of nitrogens with one attached hydrogen (secondary N) is 2. The van der Waals surface area contributed by atoms with Crippen LogP contribution in [0, 0.1) is 11.6 Å². The molecule has 2 rings (SSSR count). The molecule has 1 heterocycles. The molecule has 1 aliphatic rings. The normalized spacial score (nSPS) is 20.9. The molecule has 1 aliphatic heterocycles. The standard InChI is InChI=1S/C14H18F2N2O/c1-9(12-7-2-3-8-17-12)18-14(19)10-5-4-6-11(15)13(10)16/h4-6,9,12,17H,2-3,7-8H2,1H3,(H,18,19). The van der Waals surface area contributed by atoms with E-state index in [9.17, 15) is 13.6 Å². The lowest BCUT2D eigenvalue weighted by atomic mass is 9.99. The fraction of sp³-hybridized carbons (Fsp3) is 0.500. The second-order valence-corrected chi connectivity index (χ2v) is 4.92. The maximum atomic E-state index is 13.5. The molecule has 0 spiro atoms. The maximum Gasteiger partial charge on any atom is 0.254 e. The summed E-state index contributed by atoms with van der Waals surface area (Å²) in [5.41, 5.74) is -0.248. The summed E-state index contributed by atoms with van der Waals surface area (Å²) in [6.45, 7) is 2.80. The third kappa shape index (κ3) is 3.29. The van der Waals surface area contributed by atoms with Crippen LogP contribution in [0.4, 0.5) is 8.78 Å². The predicted molar refractivity (Wildman–Crippen MR) is 68.9 cm³/mol. The SMILES string of the molecule is CC(NC(=O)c1cccc(F)c1F)C1CCCCN1. The van der Waals surface area contributed by atoms with Crippen molar-refractivity contribution in [2.24, 2.45) is 0 Å². The monoisotopic (exact) mass is 268 g/mol. The summed E-state index contributed by atoms with van der Waals surface area (Å²) in [4.78, 5) is 11.9. The van der Waals surface area contributed by atoms with Crippen molar-refractivity contribution in [1.29, 1.82) is 0 Å². The Morgan fingerprint density at radius 3 is 2.89 bits per heavy atom. The van der Waals surface area contributed by atoms with Gasteiger partial charge in [-0.2, -0.15) is 0 Å². The van der Waals surface area contributed by atoms with E-state index < -0.39 is 17.5 Å². The highest BCUT2D eigenvalue weighted by Gasteiger charge is 2.23. The average molecular weight is 268 g/mol. The van der Waals surface area contributed by atoms with Crippen molar-refractivity contribution in [2.45, 2.75) is 38.3 Å². The number of carbonyl (C=O) groups is 1. The molecule has 0 radical (unpaired) electrons. The molecule has 0 aromatic heterocycles. The van der Waals surface area contributed by atoms with Gasteiger partial charge in [-0.25, -0.2) is 8.78 Å². The van der Waals surface area contributed by atoms with E-state index in [1.807, 2.05) is 6.92 Å². The van der Waals surface area contributed by atoms with Gasteiger partial charge in [0.15, 0.2) is 11.6 Å². The Morgan fingerprint density at radius 1 is 1.42 bits per heavy atom. The van der Waals surface area contributed by atoms with Gasteiger partial charge >= 0.3 is 0 Å². The number of rotatable bonds is 3. The van der Waals surface area contributed by atoms with Crippen LogP contribution in [0.3, 0.4) is 0 Å². The van der Waals surface area contributed by atoms with E-state index in [-0.39, 0.29) is 17.6 Å². The van der Waals surface area contributed by atoms with Crippen molar-refractivity contribution in [2.75, 3.05) is 6.54 Å². The van der Waals surface area contributed by atoms with Crippen LogP contribution in [0.5, 0.6) is 0 Å². The minimum Gasteiger partial charge on any atom is -0.348 e. The van der Waals surface area contributed by atoms with Crippen molar-refractivity contribution < 1.29 is 13.6 Å². The van der Waals surface area contributed by atoms with Crippen LogP contribution in [-0.4, -0.2) is 24.5 Å². The quantitative estimate of drug-likeness (QED) is 0.882.